The first-order valence-corrected chi connectivity index (χ1v) is 7.38. The molecule has 0 amide bonds. The van der Waals surface area contributed by atoms with Crippen molar-refractivity contribution in [2.24, 2.45) is 0 Å². The molecule has 110 valence electrons. The molecule has 2 nitrogen and oxygen atoms in total. The zero-order chi connectivity index (χ0) is 15.5. The van der Waals surface area contributed by atoms with Gasteiger partial charge in [-0.3, -0.25) is 0 Å². The highest BCUT2D eigenvalue weighted by Gasteiger charge is 2.18. The van der Waals surface area contributed by atoms with E-state index in [1.54, 1.807) is 24.3 Å². The number of carbonyl (C=O) groups excluding carboxylic acids is 1. The van der Waals surface area contributed by atoms with E-state index in [1.807, 2.05) is 24.3 Å². The normalized spacial score (nSPS) is 11.2. The summed E-state index contributed by atoms with van der Waals surface area (Å²) >= 11 is 5.87. The van der Waals surface area contributed by atoms with Crippen molar-refractivity contribution in [1.82, 2.24) is 0 Å². The number of hydrogen-bond acceptors (Lipinski definition) is 2. The first kappa shape index (κ1) is 15.6. The van der Waals surface area contributed by atoms with E-state index in [0.717, 1.165) is 6.42 Å². The Hall–Kier alpha value is -1.80. The van der Waals surface area contributed by atoms with Crippen LogP contribution in [0, 0.1) is 0 Å². The smallest absolute Gasteiger partial charge is 0.343 e. The van der Waals surface area contributed by atoms with E-state index < -0.39 is 5.97 Å². The Balaban J connectivity index is 2.12. The number of carbonyl (C=O) groups is 1. The van der Waals surface area contributed by atoms with Gasteiger partial charge in [0.2, 0.25) is 0 Å². The second-order valence-electron chi connectivity index (χ2n) is 5.66. The molecule has 21 heavy (non-hydrogen) atoms. The van der Waals surface area contributed by atoms with Crippen LogP contribution in [0.4, 0.5) is 0 Å². The fourth-order valence-corrected chi connectivity index (χ4v) is 2.15. The summed E-state index contributed by atoms with van der Waals surface area (Å²) in [6.45, 7) is 6.55. The van der Waals surface area contributed by atoms with Gasteiger partial charge in [0.1, 0.15) is 5.75 Å². The quantitative estimate of drug-likeness (QED) is 0.570. The molecule has 0 radical (unpaired) electrons. The van der Waals surface area contributed by atoms with E-state index in [2.05, 4.69) is 20.8 Å². The molecule has 0 aromatic heterocycles. The molecule has 0 aliphatic rings. The molecule has 0 heterocycles. The number of hydrogen-bond donors (Lipinski definition) is 0. The fraction of sp³-hybridized carbons (Fsp3) is 0.278. The van der Waals surface area contributed by atoms with Crippen molar-refractivity contribution in [3.63, 3.8) is 0 Å². The van der Waals surface area contributed by atoms with Gasteiger partial charge in [-0.05, 0) is 47.7 Å². The van der Waals surface area contributed by atoms with Gasteiger partial charge in [-0.15, -0.1) is 0 Å². The number of ether oxygens (including phenoxy) is 1. The van der Waals surface area contributed by atoms with Gasteiger partial charge in [-0.1, -0.05) is 50.6 Å². The van der Waals surface area contributed by atoms with Gasteiger partial charge in [-0.2, -0.15) is 0 Å². The lowest BCUT2D eigenvalue weighted by Gasteiger charge is -2.23. The van der Waals surface area contributed by atoms with Crippen LogP contribution < -0.4 is 4.74 Å². The third kappa shape index (κ3) is 3.85. The molecule has 0 saturated carbocycles. The molecule has 0 aliphatic carbocycles. The Morgan fingerprint density at radius 2 is 1.81 bits per heavy atom. The first-order chi connectivity index (χ1) is 9.92. The van der Waals surface area contributed by atoms with E-state index in [-0.39, 0.29) is 5.41 Å². The van der Waals surface area contributed by atoms with E-state index in [4.69, 9.17) is 16.3 Å². The van der Waals surface area contributed by atoms with Gasteiger partial charge in [-0.25, -0.2) is 4.79 Å². The van der Waals surface area contributed by atoms with Crippen LogP contribution >= 0.6 is 11.6 Å². The minimum Gasteiger partial charge on any atom is -0.423 e. The van der Waals surface area contributed by atoms with Gasteiger partial charge in [0.05, 0.1) is 5.56 Å². The predicted molar refractivity (Wildman–Crippen MR) is 86.2 cm³/mol. The lowest BCUT2D eigenvalue weighted by molar-refractivity contribution is 0.0734. The Kier molecular flexibility index (Phi) is 4.69. The highest BCUT2D eigenvalue weighted by Crippen LogP contribution is 2.28. The van der Waals surface area contributed by atoms with Crippen LogP contribution in [0.15, 0.2) is 48.5 Å². The van der Waals surface area contributed by atoms with Crippen LogP contribution in [0.1, 0.15) is 43.1 Å². The van der Waals surface area contributed by atoms with E-state index in [0.29, 0.717) is 16.3 Å². The maximum absolute atomic E-state index is 12.0. The molecule has 2 aromatic rings. The van der Waals surface area contributed by atoms with E-state index in [9.17, 15) is 4.79 Å². The molecule has 0 N–H and O–H groups in total. The molecular weight excluding hydrogens is 284 g/mol. The van der Waals surface area contributed by atoms with Crippen molar-refractivity contribution >= 4 is 17.6 Å². The topological polar surface area (TPSA) is 26.3 Å². The monoisotopic (exact) mass is 302 g/mol. The third-order valence-corrected chi connectivity index (χ3v) is 4.03. The van der Waals surface area contributed by atoms with Crippen molar-refractivity contribution < 1.29 is 9.53 Å². The molecule has 0 aliphatic heterocycles. The average molecular weight is 303 g/mol. The Bertz CT molecular complexity index is 630. The van der Waals surface area contributed by atoms with Crippen molar-refractivity contribution in [1.29, 1.82) is 0 Å². The highest BCUT2D eigenvalue weighted by atomic mass is 35.5. The van der Waals surface area contributed by atoms with E-state index >= 15 is 0 Å². The fourth-order valence-electron chi connectivity index (χ4n) is 1.96. The van der Waals surface area contributed by atoms with Gasteiger partial charge < -0.3 is 4.74 Å². The Labute approximate surface area is 130 Å². The second kappa shape index (κ2) is 6.31. The van der Waals surface area contributed by atoms with Crippen molar-refractivity contribution in [3.8, 4) is 5.75 Å². The molecule has 0 fully saturated rings. The van der Waals surface area contributed by atoms with Gasteiger partial charge in [0.15, 0.2) is 0 Å². The molecule has 3 heteroatoms. The van der Waals surface area contributed by atoms with Crippen molar-refractivity contribution in [3.05, 3.63) is 64.7 Å². The molecular formula is C18H19ClO2. The Morgan fingerprint density at radius 1 is 1.14 bits per heavy atom. The number of esters is 1. The average Bonchev–Trinajstić information content (AvgIpc) is 2.48. The predicted octanol–water partition coefficient (Wildman–Crippen LogP) is 5.25. The second-order valence-corrected chi connectivity index (χ2v) is 6.10. The van der Waals surface area contributed by atoms with Crippen molar-refractivity contribution in [2.45, 2.75) is 32.6 Å². The van der Waals surface area contributed by atoms with Crippen LogP contribution in [-0.4, -0.2) is 5.97 Å². The number of halogens is 1. The van der Waals surface area contributed by atoms with Crippen molar-refractivity contribution in [2.75, 3.05) is 0 Å². The summed E-state index contributed by atoms with van der Waals surface area (Å²) in [6, 6.07) is 14.4. The largest absolute Gasteiger partial charge is 0.423 e. The standard InChI is InChI=1S/C18H19ClO2/c1-4-18(2,3)14-8-10-16(11-9-14)21-17(20)13-6-5-7-15(19)12-13/h5-12H,4H2,1-3H3. The molecule has 0 spiro atoms. The maximum Gasteiger partial charge on any atom is 0.343 e. The minimum absolute atomic E-state index is 0.121. The molecule has 0 bridgehead atoms. The summed E-state index contributed by atoms with van der Waals surface area (Å²) in [5.41, 5.74) is 1.79. The van der Waals surface area contributed by atoms with E-state index in [1.165, 1.54) is 5.56 Å². The Morgan fingerprint density at radius 3 is 2.38 bits per heavy atom. The molecule has 0 saturated heterocycles. The van der Waals surface area contributed by atoms with Crippen LogP contribution in [0.5, 0.6) is 5.75 Å². The van der Waals surface area contributed by atoms with Gasteiger partial charge in [0.25, 0.3) is 0 Å². The lowest BCUT2D eigenvalue weighted by Crippen LogP contribution is -2.15. The van der Waals surface area contributed by atoms with Crippen LogP contribution in [-0.2, 0) is 5.41 Å². The van der Waals surface area contributed by atoms with Crippen LogP contribution in [0.3, 0.4) is 0 Å². The van der Waals surface area contributed by atoms with Gasteiger partial charge in [0, 0.05) is 5.02 Å². The summed E-state index contributed by atoms with van der Waals surface area (Å²) in [6.07, 6.45) is 1.05. The molecule has 2 rings (SSSR count). The first-order valence-electron chi connectivity index (χ1n) is 7.00. The lowest BCUT2D eigenvalue weighted by atomic mass is 9.82. The zero-order valence-corrected chi connectivity index (χ0v) is 13.3. The molecule has 0 atom stereocenters. The summed E-state index contributed by atoms with van der Waals surface area (Å²) in [4.78, 5) is 12.0. The minimum atomic E-state index is -0.403. The SMILES string of the molecule is CCC(C)(C)c1ccc(OC(=O)c2cccc(Cl)c2)cc1. The van der Waals surface area contributed by atoms with Gasteiger partial charge >= 0.3 is 5.97 Å². The molecule has 2 aromatic carbocycles. The summed E-state index contributed by atoms with van der Waals surface area (Å²) < 4.78 is 5.36. The zero-order valence-electron chi connectivity index (χ0n) is 12.5. The summed E-state index contributed by atoms with van der Waals surface area (Å²) in [5, 5.41) is 0.518. The maximum atomic E-state index is 12.0. The third-order valence-electron chi connectivity index (χ3n) is 3.79. The van der Waals surface area contributed by atoms with Crippen LogP contribution in [0.25, 0.3) is 0 Å². The summed E-state index contributed by atoms with van der Waals surface area (Å²) in [5.74, 6) is 0.135. The number of rotatable bonds is 4. The van der Waals surface area contributed by atoms with Crippen LogP contribution in [0.2, 0.25) is 5.02 Å². The highest BCUT2D eigenvalue weighted by molar-refractivity contribution is 6.30. The molecule has 0 unspecified atom stereocenters. The summed E-state index contributed by atoms with van der Waals surface area (Å²) in [7, 11) is 0. The number of benzene rings is 2.